The van der Waals surface area contributed by atoms with Gasteiger partial charge in [-0.05, 0) is 19.1 Å². The number of carbonyl (C=O) groups is 3. The number of rotatable bonds is 4. The van der Waals surface area contributed by atoms with Gasteiger partial charge < -0.3 is 16.5 Å². The van der Waals surface area contributed by atoms with Crippen molar-refractivity contribution in [1.29, 1.82) is 0 Å². The first-order valence-electron chi connectivity index (χ1n) is 7.89. The predicted octanol–water partition coefficient (Wildman–Crippen LogP) is -0.0118. The van der Waals surface area contributed by atoms with Crippen LogP contribution in [-0.4, -0.2) is 33.7 Å². The molecule has 0 spiro atoms. The van der Waals surface area contributed by atoms with Gasteiger partial charge in [0.25, 0.3) is 11.8 Å². The number of H-pyrrole nitrogens is 1. The summed E-state index contributed by atoms with van der Waals surface area (Å²) >= 11 is 0. The smallest absolute Gasteiger partial charge is 0.288 e. The molecule has 9 heteroatoms. The van der Waals surface area contributed by atoms with Crippen LogP contribution in [0.3, 0.4) is 0 Å². The molecule has 2 aromatic heterocycles. The Balaban J connectivity index is 1.81. The van der Waals surface area contributed by atoms with Crippen molar-refractivity contribution in [2.24, 2.45) is 11.5 Å². The van der Waals surface area contributed by atoms with E-state index in [1.807, 2.05) is 24.3 Å². The number of primary amides is 1. The summed E-state index contributed by atoms with van der Waals surface area (Å²) in [4.78, 5) is 42.4. The number of fused-ring (bicyclic) bond motifs is 3. The summed E-state index contributed by atoms with van der Waals surface area (Å²) in [6.45, 7) is 1.79. The number of hydrogen-bond donors (Lipinski definition) is 5. The fourth-order valence-electron chi connectivity index (χ4n) is 2.71. The molecule has 0 saturated carbocycles. The monoisotopic (exact) mass is 354 g/mol. The Morgan fingerprint density at radius 3 is 2.65 bits per heavy atom. The van der Waals surface area contributed by atoms with Crippen LogP contribution in [0, 0.1) is 6.92 Å². The summed E-state index contributed by atoms with van der Waals surface area (Å²) in [5.74, 6) is -2.02. The predicted molar refractivity (Wildman–Crippen MR) is 95.7 cm³/mol. The van der Waals surface area contributed by atoms with Crippen LogP contribution < -0.4 is 22.3 Å². The number of amides is 3. The van der Waals surface area contributed by atoms with E-state index in [1.54, 1.807) is 13.0 Å². The van der Waals surface area contributed by atoms with E-state index < -0.39 is 23.8 Å². The highest BCUT2D eigenvalue weighted by molar-refractivity contribution is 6.10. The molecule has 0 fully saturated rings. The van der Waals surface area contributed by atoms with E-state index in [4.69, 9.17) is 11.5 Å². The Hall–Kier alpha value is -3.46. The quantitative estimate of drug-likeness (QED) is 0.417. The summed E-state index contributed by atoms with van der Waals surface area (Å²) in [6.07, 6.45) is -0.319. The molecule has 3 aromatic rings. The number of para-hydroxylation sites is 1. The number of benzene rings is 1. The number of nitrogens with zero attached hydrogens (tertiary/aromatic N) is 1. The van der Waals surface area contributed by atoms with Gasteiger partial charge in [0.05, 0.1) is 23.7 Å². The fourth-order valence-corrected chi connectivity index (χ4v) is 2.71. The van der Waals surface area contributed by atoms with Crippen LogP contribution in [0.5, 0.6) is 0 Å². The molecule has 0 bridgehead atoms. The van der Waals surface area contributed by atoms with Crippen molar-refractivity contribution in [3.8, 4) is 0 Å². The van der Waals surface area contributed by atoms with Crippen molar-refractivity contribution < 1.29 is 14.4 Å². The number of hydrogen-bond acceptors (Lipinski definition) is 5. The number of aryl methyl sites for hydroxylation is 1. The van der Waals surface area contributed by atoms with E-state index in [-0.39, 0.29) is 12.1 Å². The molecular weight excluding hydrogens is 336 g/mol. The van der Waals surface area contributed by atoms with Crippen LogP contribution in [0.2, 0.25) is 0 Å². The summed E-state index contributed by atoms with van der Waals surface area (Å²) in [6, 6.07) is 8.21. The first-order chi connectivity index (χ1) is 12.4. The van der Waals surface area contributed by atoms with E-state index in [0.29, 0.717) is 5.69 Å². The number of carbonyl (C=O) groups excluding carboxylic acids is 3. The molecule has 0 aliphatic rings. The molecule has 0 unspecified atom stereocenters. The van der Waals surface area contributed by atoms with Gasteiger partial charge in [-0.15, -0.1) is 0 Å². The highest BCUT2D eigenvalue weighted by Crippen LogP contribution is 2.27. The third kappa shape index (κ3) is 3.33. The molecule has 3 rings (SSSR count). The summed E-state index contributed by atoms with van der Waals surface area (Å²) in [5.41, 5.74) is 17.5. The van der Waals surface area contributed by atoms with Gasteiger partial charge in [-0.25, -0.2) is 4.98 Å². The van der Waals surface area contributed by atoms with Crippen molar-refractivity contribution in [1.82, 2.24) is 20.8 Å². The Labute approximate surface area is 148 Å². The SMILES string of the molecule is Cc1nc(C(=O)NNC(=O)[C@@H](N)CC(N)=O)cc2c1[nH]c1ccccc12. The van der Waals surface area contributed by atoms with Crippen molar-refractivity contribution in [2.45, 2.75) is 19.4 Å². The highest BCUT2D eigenvalue weighted by atomic mass is 16.2. The van der Waals surface area contributed by atoms with Crippen molar-refractivity contribution >= 4 is 39.5 Å². The molecule has 2 heterocycles. The van der Waals surface area contributed by atoms with Gasteiger partial charge in [0.15, 0.2) is 0 Å². The average molecular weight is 354 g/mol. The first kappa shape index (κ1) is 17.4. The van der Waals surface area contributed by atoms with Gasteiger partial charge in [-0.3, -0.25) is 25.2 Å². The Bertz CT molecular complexity index is 1030. The third-order valence-corrected chi connectivity index (χ3v) is 3.97. The lowest BCUT2D eigenvalue weighted by atomic mass is 10.1. The molecular formula is C17H18N6O3. The number of hydrazine groups is 1. The highest BCUT2D eigenvalue weighted by Gasteiger charge is 2.18. The minimum atomic E-state index is -1.14. The summed E-state index contributed by atoms with van der Waals surface area (Å²) < 4.78 is 0. The van der Waals surface area contributed by atoms with Crippen LogP contribution in [0.25, 0.3) is 21.8 Å². The van der Waals surface area contributed by atoms with Crippen molar-refractivity contribution in [2.75, 3.05) is 0 Å². The van der Waals surface area contributed by atoms with Crippen LogP contribution in [0.4, 0.5) is 0 Å². The van der Waals surface area contributed by atoms with E-state index in [1.165, 1.54) is 0 Å². The molecule has 3 amide bonds. The summed E-state index contributed by atoms with van der Waals surface area (Å²) in [5, 5.41) is 1.82. The van der Waals surface area contributed by atoms with E-state index in [2.05, 4.69) is 20.8 Å². The topological polar surface area (TPSA) is 156 Å². The normalized spacial score (nSPS) is 12.1. The maximum absolute atomic E-state index is 12.3. The third-order valence-electron chi connectivity index (χ3n) is 3.97. The molecule has 0 radical (unpaired) electrons. The van der Waals surface area contributed by atoms with Crippen LogP contribution in [0.15, 0.2) is 30.3 Å². The Kier molecular flexibility index (Phi) is 4.55. The zero-order valence-corrected chi connectivity index (χ0v) is 14.0. The van der Waals surface area contributed by atoms with E-state index in [0.717, 1.165) is 21.8 Å². The lowest BCUT2D eigenvalue weighted by Gasteiger charge is -2.11. The average Bonchev–Trinajstić information content (AvgIpc) is 2.98. The van der Waals surface area contributed by atoms with Crippen molar-refractivity contribution in [3.05, 3.63) is 41.7 Å². The molecule has 134 valence electrons. The van der Waals surface area contributed by atoms with Crippen LogP contribution in [0.1, 0.15) is 22.6 Å². The zero-order chi connectivity index (χ0) is 18.8. The van der Waals surface area contributed by atoms with E-state index in [9.17, 15) is 14.4 Å². The summed E-state index contributed by atoms with van der Waals surface area (Å²) in [7, 11) is 0. The molecule has 9 nitrogen and oxygen atoms in total. The number of nitrogens with one attached hydrogen (secondary N) is 3. The molecule has 1 aromatic carbocycles. The second-order valence-electron chi connectivity index (χ2n) is 5.91. The van der Waals surface area contributed by atoms with Gasteiger partial charge in [-0.2, -0.15) is 0 Å². The lowest BCUT2D eigenvalue weighted by Crippen LogP contribution is -2.50. The number of nitrogens with two attached hydrogens (primary N) is 2. The number of pyridine rings is 1. The molecule has 1 atom stereocenters. The van der Waals surface area contributed by atoms with Gasteiger partial charge in [0.2, 0.25) is 5.91 Å². The number of aromatic amines is 1. The molecule has 0 aliphatic carbocycles. The molecule has 0 aliphatic heterocycles. The van der Waals surface area contributed by atoms with Gasteiger partial charge in [-0.1, -0.05) is 18.2 Å². The Morgan fingerprint density at radius 1 is 1.19 bits per heavy atom. The maximum atomic E-state index is 12.3. The van der Waals surface area contributed by atoms with Gasteiger partial charge in [0, 0.05) is 16.3 Å². The number of aromatic nitrogens is 2. The Morgan fingerprint density at radius 2 is 1.92 bits per heavy atom. The maximum Gasteiger partial charge on any atom is 0.288 e. The largest absolute Gasteiger partial charge is 0.370 e. The first-order valence-corrected chi connectivity index (χ1v) is 7.89. The fraction of sp³-hybridized carbons (Fsp3) is 0.176. The molecule has 7 N–H and O–H groups in total. The van der Waals surface area contributed by atoms with Crippen molar-refractivity contribution in [3.63, 3.8) is 0 Å². The molecule has 26 heavy (non-hydrogen) atoms. The minimum absolute atomic E-state index is 0.142. The van der Waals surface area contributed by atoms with Crippen LogP contribution >= 0.6 is 0 Å². The lowest BCUT2D eigenvalue weighted by molar-refractivity contribution is -0.126. The van der Waals surface area contributed by atoms with Gasteiger partial charge >= 0.3 is 0 Å². The minimum Gasteiger partial charge on any atom is -0.370 e. The standard InChI is InChI=1S/C17H18N6O3/c1-8-15-10(9-4-2-3-5-12(9)21-15)6-13(20-8)17(26)23-22-16(25)11(18)7-14(19)24/h2-6,11,21H,7,18H2,1H3,(H2,19,24)(H,22,25)(H,23,26)/t11-/m0/s1. The van der Waals surface area contributed by atoms with Crippen LogP contribution in [-0.2, 0) is 9.59 Å². The second kappa shape index (κ2) is 6.81. The second-order valence-corrected chi connectivity index (χ2v) is 5.91. The molecule has 0 saturated heterocycles. The van der Waals surface area contributed by atoms with E-state index >= 15 is 0 Å². The van der Waals surface area contributed by atoms with Gasteiger partial charge in [0.1, 0.15) is 5.69 Å². The zero-order valence-electron chi connectivity index (χ0n) is 14.0.